The molecule has 16 heavy (non-hydrogen) atoms. The first kappa shape index (κ1) is 17.3. The van der Waals surface area contributed by atoms with Gasteiger partial charge >= 0.3 is 0 Å². The Labute approximate surface area is 101 Å². The standard InChI is InChI=1S/C8H10.C6H14.CH2O/c1-7-3-5-8(2)6-4-7;1-3-5-6-4-2;1-2/h3-6H,1-2H3;3-6H2,1-2H3;1H2. The third-order valence-corrected chi connectivity index (χ3v) is 2.18. The molecular weight excluding hydrogens is 196 g/mol. The Morgan fingerprint density at radius 2 is 1.06 bits per heavy atom. The summed E-state index contributed by atoms with van der Waals surface area (Å²) >= 11 is 0. The minimum atomic E-state index is 1.33. The van der Waals surface area contributed by atoms with Crippen LogP contribution < -0.4 is 0 Å². The minimum absolute atomic E-state index is 1.33. The molecule has 0 aliphatic heterocycles. The molecule has 0 aliphatic rings. The molecule has 0 atom stereocenters. The third-order valence-electron chi connectivity index (χ3n) is 2.18. The van der Waals surface area contributed by atoms with Gasteiger partial charge in [-0.3, -0.25) is 0 Å². The smallest absolute Gasteiger partial charge is 0.106 e. The molecule has 1 nitrogen and oxygen atoms in total. The van der Waals surface area contributed by atoms with E-state index in [0.717, 1.165) is 0 Å². The summed E-state index contributed by atoms with van der Waals surface area (Å²) in [5, 5.41) is 0. The molecule has 0 bridgehead atoms. The van der Waals surface area contributed by atoms with E-state index in [2.05, 4.69) is 52.0 Å². The van der Waals surface area contributed by atoms with E-state index in [0.29, 0.717) is 0 Å². The van der Waals surface area contributed by atoms with E-state index >= 15 is 0 Å². The van der Waals surface area contributed by atoms with E-state index in [1.807, 2.05) is 6.79 Å². The van der Waals surface area contributed by atoms with Crippen molar-refractivity contribution in [2.75, 3.05) is 0 Å². The van der Waals surface area contributed by atoms with Crippen LogP contribution in [0.2, 0.25) is 0 Å². The minimum Gasteiger partial charge on any atom is -0.307 e. The first-order valence-electron chi connectivity index (χ1n) is 6.02. The van der Waals surface area contributed by atoms with Crippen LogP contribution in [-0.4, -0.2) is 6.79 Å². The number of benzene rings is 1. The van der Waals surface area contributed by atoms with Gasteiger partial charge in [0.15, 0.2) is 0 Å². The summed E-state index contributed by atoms with van der Waals surface area (Å²) in [5.74, 6) is 0. The Morgan fingerprint density at radius 3 is 1.25 bits per heavy atom. The Bertz CT molecular complexity index is 201. The molecule has 1 heteroatoms. The van der Waals surface area contributed by atoms with Gasteiger partial charge in [-0.15, -0.1) is 0 Å². The van der Waals surface area contributed by atoms with Gasteiger partial charge in [-0.1, -0.05) is 74.9 Å². The second-order valence-corrected chi connectivity index (χ2v) is 3.86. The van der Waals surface area contributed by atoms with Crippen LogP contribution in [0.15, 0.2) is 24.3 Å². The van der Waals surface area contributed by atoms with Gasteiger partial charge in [-0.2, -0.15) is 0 Å². The van der Waals surface area contributed by atoms with Gasteiger partial charge in [0.25, 0.3) is 0 Å². The fraction of sp³-hybridized carbons (Fsp3) is 0.533. The quantitative estimate of drug-likeness (QED) is 0.677. The number of rotatable bonds is 3. The fourth-order valence-corrected chi connectivity index (χ4v) is 1.14. The van der Waals surface area contributed by atoms with Crippen LogP contribution in [0, 0.1) is 13.8 Å². The lowest BCUT2D eigenvalue weighted by Gasteiger charge is -1.90. The zero-order chi connectivity index (χ0) is 12.8. The Hall–Kier alpha value is -1.11. The van der Waals surface area contributed by atoms with Gasteiger partial charge in [-0.25, -0.2) is 0 Å². The van der Waals surface area contributed by atoms with Crippen molar-refractivity contribution >= 4 is 6.79 Å². The SMILES string of the molecule is C=O.CCCCCC.Cc1ccc(C)cc1. The maximum absolute atomic E-state index is 8.00. The summed E-state index contributed by atoms with van der Waals surface area (Å²) in [4.78, 5) is 8.00. The molecule has 0 aromatic heterocycles. The van der Waals surface area contributed by atoms with Crippen LogP contribution in [0.3, 0.4) is 0 Å². The summed E-state index contributed by atoms with van der Waals surface area (Å²) in [6.07, 6.45) is 5.54. The van der Waals surface area contributed by atoms with Crippen molar-refractivity contribution < 1.29 is 4.79 Å². The van der Waals surface area contributed by atoms with Crippen LogP contribution >= 0.6 is 0 Å². The van der Waals surface area contributed by atoms with Crippen molar-refractivity contribution in [1.29, 1.82) is 0 Å². The van der Waals surface area contributed by atoms with Gasteiger partial charge in [0.2, 0.25) is 0 Å². The first-order valence-corrected chi connectivity index (χ1v) is 6.02. The molecule has 0 fully saturated rings. The molecular formula is C15H26O. The van der Waals surface area contributed by atoms with E-state index < -0.39 is 0 Å². The zero-order valence-electron chi connectivity index (χ0n) is 11.3. The zero-order valence-corrected chi connectivity index (χ0v) is 11.3. The highest BCUT2D eigenvalue weighted by Crippen LogP contribution is 1.99. The van der Waals surface area contributed by atoms with Crippen molar-refractivity contribution in [3.63, 3.8) is 0 Å². The second kappa shape index (κ2) is 13.9. The molecule has 0 heterocycles. The summed E-state index contributed by atoms with van der Waals surface area (Å²) in [6.45, 7) is 10.7. The number of aryl methyl sites for hydroxylation is 2. The summed E-state index contributed by atoms with van der Waals surface area (Å²) in [7, 11) is 0. The average molecular weight is 222 g/mol. The largest absolute Gasteiger partial charge is 0.307 e. The molecule has 92 valence electrons. The summed E-state index contributed by atoms with van der Waals surface area (Å²) < 4.78 is 0. The average Bonchev–Trinajstić information content (AvgIpc) is 2.34. The van der Waals surface area contributed by atoms with Crippen LogP contribution in [0.5, 0.6) is 0 Å². The predicted octanol–water partition coefficient (Wildman–Crippen LogP) is 4.71. The monoisotopic (exact) mass is 222 g/mol. The lowest BCUT2D eigenvalue weighted by atomic mass is 10.2. The third kappa shape index (κ3) is 12.9. The maximum atomic E-state index is 8.00. The normalized spacial score (nSPS) is 8.25. The lowest BCUT2D eigenvalue weighted by Crippen LogP contribution is -1.70. The van der Waals surface area contributed by atoms with Gasteiger partial charge in [0.1, 0.15) is 6.79 Å². The number of carbonyl (C=O) groups is 1. The predicted molar refractivity (Wildman–Crippen MR) is 72.9 cm³/mol. The Morgan fingerprint density at radius 1 is 0.812 bits per heavy atom. The second-order valence-electron chi connectivity index (χ2n) is 3.86. The Kier molecular flexibility index (Phi) is 15.0. The summed E-state index contributed by atoms with van der Waals surface area (Å²) in [6, 6.07) is 8.48. The number of unbranched alkanes of at least 4 members (excludes halogenated alkanes) is 3. The first-order chi connectivity index (χ1) is 7.70. The van der Waals surface area contributed by atoms with E-state index in [9.17, 15) is 0 Å². The van der Waals surface area contributed by atoms with E-state index in [-0.39, 0.29) is 0 Å². The molecule has 0 saturated heterocycles. The van der Waals surface area contributed by atoms with Crippen LogP contribution in [0.4, 0.5) is 0 Å². The highest BCUT2D eigenvalue weighted by Gasteiger charge is 1.79. The highest BCUT2D eigenvalue weighted by molar-refractivity contribution is 5.19. The molecule has 0 amide bonds. The maximum Gasteiger partial charge on any atom is 0.106 e. The van der Waals surface area contributed by atoms with Crippen LogP contribution in [0.25, 0.3) is 0 Å². The van der Waals surface area contributed by atoms with Gasteiger partial charge in [-0.05, 0) is 13.8 Å². The summed E-state index contributed by atoms with van der Waals surface area (Å²) in [5.41, 5.74) is 2.66. The van der Waals surface area contributed by atoms with Crippen LogP contribution in [0.1, 0.15) is 50.7 Å². The Balaban J connectivity index is 0. The van der Waals surface area contributed by atoms with E-state index in [1.54, 1.807) is 0 Å². The van der Waals surface area contributed by atoms with Gasteiger partial charge in [0.05, 0.1) is 0 Å². The molecule has 1 aromatic carbocycles. The molecule has 1 aromatic rings. The lowest BCUT2D eigenvalue weighted by molar-refractivity contribution is -0.0979. The number of carbonyl (C=O) groups excluding carboxylic acids is 1. The van der Waals surface area contributed by atoms with Crippen molar-refractivity contribution in [2.24, 2.45) is 0 Å². The molecule has 0 unspecified atom stereocenters. The number of hydrogen-bond acceptors (Lipinski definition) is 1. The van der Waals surface area contributed by atoms with E-state index in [1.165, 1.54) is 36.8 Å². The molecule has 1 rings (SSSR count). The van der Waals surface area contributed by atoms with Crippen molar-refractivity contribution in [3.8, 4) is 0 Å². The topological polar surface area (TPSA) is 17.1 Å². The molecule has 0 radical (unpaired) electrons. The molecule has 0 N–H and O–H groups in total. The van der Waals surface area contributed by atoms with Gasteiger partial charge < -0.3 is 4.79 Å². The molecule has 0 aliphatic carbocycles. The van der Waals surface area contributed by atoms with Crippen molar-refractivity contribution in [1.82, 2.24) is 0 Å². The molecule has 0 spiro atoms. The van der Waals surface area contributed by atoms with Crippen LogP contribution in [-0.2, 0) is 4.79 Å². The van der Waals surface area contributed by atoms with Crippen molar-refractivity contribution in [2.45, 2.75) is 53.4 Å². The van der Waals surface area contributed by atoms with Gasteiger partial charge in [0, 0.05) is 0 Å². The fourth-order valence-electron chi connectivity index (χ4n) is 1.14. The highest BCUT2D eigenvalue weighted by atomic mass is 16.1. The molecule has 0 saturated carbocycles. The van der Waals surface area contributed by atoms with Crippen molar-refractivity contribution in [3.05, 3.63) is 35.4 Å². The number of hydrogen-bond donors (Lipinski definition) is 0. The van der Waals surface area contributed by atoms with E-state index in [4.69, 9.17) is 4.79 Å².